The van der Waals surface area contributed by atoms with E-state index in [0.717, 1.165) is 17.0 Å². The van der Waals surface area contributed by atoms with Crippen molar-refractivity contribution in [1.29, 1.82) is 0 Å². The number of nitrogens with one attached hydrogen (secondary N) is 1. The third-order valence-corrected chi connectivity index (χ3v) is 2.50. The highest BCUT2D eigenvalue weighted by atomic mass is 16.5. The number of aryl methyl sites for hydroxylation is 1. The van der Waals surface area contributed by atoms with E-state index in [1.807, 2.05) is 13.0 Å². The summed E-state index contributed by atoms with van der Waals surface area (Å²) in [5, 5.41) is 12.0. The van der Waals surface area contributed by atoms with Crippen LogP contribution < -0.4 is 20.5 Å². The second-order valence-corrected chi connectivity index (χ2v) is 3.85. The first kappa shape index (κ1) is 13.6. The minimum absolute atomic E-state index is 0.0511. The number of rotatable bonds is 6. The highest BCUT2D eigenvalue weighted by molar-refractivity contribution is 5.64. The van der Waals surface area contributed by atoms with E-state index in [2.05, 4.69) is 5.32 Å². The van der Waals surface area contributed by atoms with Crippen LogP contribution >= 0.6 is 0 Å². The van der Waals surface area contributed by atoms with Crippen molar-refractivity contribution in [1.82, 2.24) is 0 Å². The molecule has 0 radical (unpaired) electrons. The fourth-order valence-corrected chi connectivity index (χ4v) is 1.53. The number of ether oxygens (including phenoxy) is 2. The summed E-state index contributed by atoms with van der Waals surface area (Å²) in [6.45, 7) is 2.39. The summed E-state index contributed by atoms with van der Waals surface area (Å²) >= 11 is 0. The number of anilines is 1. The Morgan fingerprint density at radius 1 is 1.35 bits per heavy atom. The molecule has 1 rings (SSSR count). The molecule has 0 aliphatic carbocycles. The molecule has 0 bridgehead atoms. The van der Waals surface area contributed by atoms with Crippen molar-refractivity contribution in [2.75, 3.05) is 32.7 Å². The van der Waals surface area contributed by atoms with Crippen LogP contribution in [-0.4, -0.2) is 38.5 Å². The van der Waals surface area contributed by atoms with E-state index in [-0.39, 0.29) is 12.6 Å². The fourth-order valence-electron chi connectivity index (χ4n) is 1.53. The molecule has 0 fully saturated rings. The van der Waals surface area contributed by atoms with Crippen molar-refractivity contribution in [3.05, 3.63) is 17.7 Å². The van der Waals surface area contributed by atoms with Crippen LogP contribution in [0.15, 0.2) is 12.1 Å². The largest absolute Gasteiger partial charge is 0.497 e. The van der Waals surface area contributed by atoms with E-state index in [9.17, 15) is 0 Å². The van der Waals surface area contributed by atoms with Gasteiger partial charge >= 0.3 is 0 Å². The van der Waals surface area contributed by atoms with Gasteiger partial charge in [-0.3, -0.25) is 0 Å². The molecular formula is C12H20N2O3. The first-order valence-corrected chi connectivity index (χ1v) is 5.45. The molecule has 1 aromatic carbocycles. The average molecular weight is 240 g/mol. The summed E-state index contributed by atoms with van der Waals surface area (Å²) in [5.74, 6) is 1.45. The van der Waals surface area contributed by atoms with Crippen molar-refractivity contribution in [2.45, 2.75) is 13.0 Å². The molecule has 1 atom stereocenters. The molecule has 17 heavy (non-hydrogen) atoms. The third-order valence-electron chi connectivity index (χ3n) is 2.50. The Kier molecular flexibility index (Phi) is 5.06. The lowest BCUT2D eigenvalue weighted by atomic mass is 10.1. The van der Waals surface area contributed by atoms with Crippen LogP contribution in [0.3, 0.4) is 0 Å². The number of methoxy groups -OCH3 is 2. The molecule has 5 nitrogen and oxygen atoms in total. The minimum Gasteiger partial charge on any atom is -0.497 e. The van der Waals surface area contributed by atoms with Gasteiger partial charge in [0.05, 0.1) is 26.5 Å². The second kappa shape index (κ2) is 6.32. The zero-order valence-electron chi connectivity index (χ0n) is 10.5. The zero-order valence-corrected chi connectivity index (χ0v) is 10.5. The summed E-state index contributed by atoms with van der Waals surface area (Å²) in [6.07, 6.45) is 0. The van der Waals surface area contributed by atoms with E-state index >= 15 is 0 Å². The number of benzene rings is 1. The molecule has 1 unspecified atom stereocenters. The third kappa shape index (κ3) is 3.51. The number of hydrogen-bond acceptors (Lipinski definition) is 5. The van der Waals surface area contributed by atoms with Gasteiger partial charge in [0.1, 0.15) is 11.5 Å². The van der Waals surface area contributed by atoms with Crippen molar-refractivity contribution >= 4 is 5.69 Å². The van der Waals surface area contributed by atoms with Crippen molar-refractivity contribution < 1.29 is 14.6 Å². The van der Waals surface area contributed by atoms with Crippen LogP contribution in [0.4, 0.5) is 5.69 Å². The van der Waals surface area contributed by atoms with Gasteiger partial charge in [-0.15, -0.1) is 0 Å². The van der Waals surface area contributed by atoms with Crippen LogP contribution in [0.25, 0.3) is 0 Å². The summed E-state index contributed by atoms with van der Waals surface area (Å²) in [4.78, 5) is 0. The van der Waals surface area contributed by atoms with Gasteiger partial charge in [0.2, 0.25) is 0 Å². The summed E-state index contributed by atoms with van der Waals surface area (Å²) in [6, 6.07) is 3.43. The van der Waals surface area contributed by atoms with E-state index < -0.39 is 0 Å². The van der Waals surface area contributed by atoms with Gasteiger partial charge in [-0.1, -0.05) is 0 Å². The van der Waals surface area contributed by atoms with Gasteiger partial charge in [-0.2, -0.15) is 0 Å². The van der Waals surface area contributed by atoms with Crippen molar-refractivity contribution in [3.8, 4) is 11.5 Å². The van der Waals surface area contributed by atoms with Gasteiger partial charge in [-0.25, -0.2) is 0 Å². The van der Waals surface area contributed by atoms with E-state index in [4.69, 9.17) is 20.3 Å². The quantitative estimate of drug-likeness (QED) is 0.684. The summed E-state index contributed by atoms with van der Waals surface area (Å²) in [5.41, 5.74) is 7.52. The van der Waals surface area contributed by atoms with Gasteiger partial charge in [0.15, 0.2) is 0 Å². The Morgan fingerprint density at radius 2 is 2.06 bits per heavy atom. The predicted octanol–water partition coefficient (Wildman–Crippen LogP) is 0.744. The highest BCUT2D eigenvalue weighted by Gasteiger charge is 2.10. The maximum absolute atomic E-state index is 8.87. The number of aliphatic hydroxyl groups excluding tert-OH is 1. The van der Waals surface area contributed by atoms with E-state index in [0.29, 0.717) is 12.3 Å². The Morgan fingerprint density at radius 3 is 2.59 bits per heavy atom. The number of aliphatic hydroxyl groups is 1. The molecule has 0 aliphatic heterocycles. The summed E-state index contributed by atoms with van der Waals surface area (Å²) in [7, 11) is 3.22. The molecule has 5 heteroatoms. The molecular weight excluding hydrogens is 220 g/mol. The van der Waals surface area contributed by atoms with Gasteiger partial charge in [0.25, 0.3) is 0 Å². The van der Waals surface area contributed by atoms with E-state index in [1.54, 1.807) is 20.3 Å². The minimum atomic E-state index is -0.291. The molecule has 1 aromatic rings. The SMILES string of the molecule is COc1cc(C)c(NCC(N)CO)c(OC)c1. The number of nitrogens with two attached hydrogens (primary N) is 1. The predicted molar refractivity (Wildman–Crippen MR) is 67.8 cm³/mol. The van der Waals surface area contributed by atoms with Crippen LogP contribution in [0.1, 0.15) is 5.56 Å². The Balaban J connectivity index is 2.89. The van der Waals surface area contributed by atoms with Crippen LogP contribution in [0.2, 0.25) is 0 Å². The Bertz CT molecular complexity index is 369. The lowest BCUT2D eigenvalue weighted by Gasteiger charge is -2.17. The fraction of sp³-hybridized carbons (Fsp3) is 0.500. The monoisotopic (exact) mass is 240 g/mol. The molecule has 96 valence electrons. The number of hydrogen-bond donors (Lipinski definition) is 3. The molecule has 0 heterocycles. The van der Waals surface area contributed by atoms with Gasteiger partial charge < -0.3 is 25.6 Å². The maximum atomic E-state index is 8.87. The standard InChI is InChI=1S/C12H20N2O3/c1-8-4-10(16-2)5-11(17-3)12(8)14-6-9(13)7-15/h4-5,9,14-15H,6-7,13H2,1-3H3. The molecule has 0 saturated heterocycles. The summed E-state index contributed by atoms with van der Waals surface area (Å²) < 4.78 is 10.5. The zero-order chi connectivity index (χ0) is 12.8. The van der Waals surface area contributed by atoms with Crippen LogP contribution in [-0.2, 0) is 0 Å². The molecule has 0 amide bonds. The Labute approximate surface area is 102 Å². The normalized spacial score (nSPS) is 12.1. The lowest BCUT2D eigenvalue weighted by Crippen LogP contribution is -2.32. The van der Waals surface area contributed by atoms with Crippen LogP contribution in [0.5, 0.6) is 11.5 Å². The van der Waals surface area contributed by atoms with Crippen molar-refractivity contribution in [2.24, 2.45) is 5.73 Å². The highest BCUT2D eigenvalue weighted by Crippen LogP contribution is 2.32. The van der Waals surface area contributed by atoms with Gasteiger partial charge in [-0.05, 0) is 18.6 Å². The maximum Gasteiger partial charge on any atom is 0.145 e. The molecule has 4 N–H and O–H groups in total. The molecule has 0 aromatic heterocycles. The molecule has 0 spiro atoms. The topological polar surface area (TPSA) is 76.7 Å². The van der Waals surface area contributed by atoms with Crippen LogP contribution in [0, 0.1) is 6.92 Å². The average Bonchev–Trinajstić information content (AvgIpc) is 2.35. The molecule has 0 aliphatic rings. The smallest absolute Gasteiger partial charge is 0.145 e. The van der Waals surface area contributed by atoms with Crippen molar-refractivity contribution in [3.63, 3.8) is 0 Å². The Hall–Kier alpha value is -1.46. The first-order valence-electron chi connectivity index (χ1n) is 5.45. The first-order chi connectivity index (χ1) is 8.12. The van der Waals surface area contributed by atoms with E-state index in [1.165, 1.54) is 0 Å². The lowest BCUT2D eigenvalue weighted by molar-refractivity contribution is 0.270. The van der Waals surface area contributed by atoms with Gasteiger partial charge in [0, 0.05) is 18.7 Å². The second-order valence-electron chi connectivity index (χ2n) is 3.85. The molecule has 0 saturated carbocycles.